The number of amides is 1. The highest BCUT2D eigenvalue weighted by Gasteiger charge is 2.24. The number of aromatic nitrogens is 2. The summed E-state index contributed by atoms with van der Waals surface area (Å²) in [5, 5.41) is 6.00. The molecule has 0 unspecified atom stereocenters. The molecule has 21 heavy (non-hydrogen) atoms. The second-order valence-electron chi connectivity index (χ2n) is 5.24. The molecule has 112 valence electrons. The van der Waals surface area contributed by atoms with Gasteiger partial charge in [0.1, 0.15) is 6.54 Å². The van der Waals surface area contributed by atoms with Gasteiger partial charge < -0.3 is 9.32 Å². The highest BCUT2D eigenvalue weighted by molar-refractivity contribution is 7.13. The molecule has 0 aliphatic carbocycles. The molecule has 6 nitrogen and oxygen atoms in total. The Labute approximate surface area is 126 Å². The molecule has 2 aromatic rings. The van der Waals surface area contributed by atoms with E-state index in [0.717, 1.165) is 35.4 Å². The first-order chi connectivity index (χ1) is 10.1. The van der Waals surface area contributed by atoms with E-state index >= 15 is 0 Å². The van der Waals surface area contributed by atoms with Gasteiger partial charge in [-0.05, 0) is 37.6 Å². The van der Waals surface area contributed by atoms with E-state index in [-0.39, 0.29) is 24.4 Å². The predicted octanol–water partition coefficient (Wildman–Crippen LogP) is 1.97. The number of nitrogens with zero attached hydrogens (tertiary/aromatic N) is 3. The van der Waals surface area contributed by atoms with Crippen LogP contribution < -0.4 is 5.76 Å². The van der Waals surface area contributed by atoms with Gasteiger partial charge in [0, 0.05) is 12.6 Å². The summed E-state index contributed by atoms with van der Waals surface area (Å²) in [6, 6.07) is 3.92. The minimum Gasteiger partial charge on any atom is -0.387 e. The van der Waals surface area contributed by atoms with Crippen molar-refractivity contribution < 1.29 is 9.21 Å². The van der Waals surface area contributed by atoms with Crippen molar-refractivity contribution in [3.8, 4) is 10.8 Å². The molecule has 0 aromatic carbocycles. The fourth-order valence-electron chi connectivity index (χ4n) is 2.59. The van der Waals surface area contributed by atoms with E-state index in [2.05, 4.69) is 5.10 Å². The zero-order valence-electron chi connectivity index (χ0n) is 11.8. The third-order valence-electron chi connectivity index (χ3n) is 3.75. The molecule has 0 radical (unpaired) electrons. The Morgan fingerprint density at radius 1 is 1.52 bits per heavy atom. The first-order valence-electron chi connectivity index (χ1n) is 7.06. The van der Waals surface area contributed by atoms with Gasteiger partial charge in [0.2, 0.25) is 5.91 Å². The first-order valence-corrected chi connectivity index (χ1v) is 7.94. The van der Waals surface area contributed by atoms with Gasteiger partial charge in [-0.15, -0.1) is 16.4 Å². The topological polar surface area (TPSA) is 68.3 Å². The van der Waals surface area contributed by atoms with Crippen molar-refractivity contribution in [3.05, 3.63) is 28.1 Å². The summed E-state index contributed by atoms with van der Waals surface area (Å²) in [5.41, 5.74) is 0. The lowest BCUT2D eigenvalue weighted by Gasteiger charge is -2.33. The van der Waals surface area contributed by atoms with Crippen molar-refractivity contribution >= 4 is 17.2 Å². The summed E-state index contributed by atoms with van der Waals surface area (Å²) in [4.78, 5) is 26.7. The summed E-state index contributed by atoms with van der Waals surface area (Å²) in [5.74, 6) is -0.388. The minimum atomic E-state index is -0.587. The quantitative estimate of drug-likeness (QED) is 0.869. The van der Waals surface area contributed by atoms with Crippen molar-refractivity contribution in [1.82, 2.24) is 14.7 Å². The molecular weight excluding hydrogens is 290 g/mol. The lowest BCUT2D eigenvalue weighted by atomic mass is 10.0. The number of rotatable bonds is 3. The number of hydrogen-bond donors (Lipinski definition) is 0. The fourth-order valence-corrected chi connectivity index (χ4v) is 3.24. The van der Waals surface area contributed by atoms with Gasteiger partial charge in [-0.2, -0.15) is 4.68 Å². The second-order valence-corrected chi connectivity index (χ2v) is 6.19. The number of thiophene rings is 1. The maximum atomic E-state index is 12.3. The van der Waals surface area contributed by atoms with Crippen LogP contribution in [0.2, 0.25) is 0 Å². The summed E-state index contributed by atoms with van der Waals surface area (Å²) in [6.45, 7) is 2.74. The largest absolute Gasteiger partial charge is 0.437 e. The fraction of sp³-hybridized carbons (Fsp3) is 0.500. The highest BCUT2D eigenvalue weighted by Crippen LogP contribution is 2.21. The molecule has 1 saturated heterocycles. The van der Waals surface area contributed by atoms with E-state index < -0.39 is 5.76 Å². The van der Waals surface area contributed by atoms with E-state index in [1.165, 1.54) is 11.3 Å². The van der Waals surface area contributed by atoms with Crippen molar-refractivity contribution in [1.29, 1.82) is 0 Å². The molecule has 1 amide bonds. The maximum absolute atomic E-state index is 12.3. The number of carbonyl (C=O) groups excluding carboxylic acids is 1. The van der Waals surface area contributed by atoms with Crippen LogP contribution in [0.1, 0.15) is 26.2 Å². The van der Waals surface area contributed by atoms with E-state index in [1.54, 1.807) is 0 Å². The molecular formula is C14H17N3O3S. The minimum absolute atomic E-state index is 0.0575. The number of likely N-dealkylation sites (tertiary alicyclic amines) is 1. The predicted molar refractivity (Wildman–Crippen MR) is 79.1 cm³/mol. The van der Waals surface area contributed by atoms with Crippen LogP contribution in [-0.4, -0.2) is 33.2 Å². The molecule has 0 N–H and O–H groups in total. The zero-order chi connectivity index (χ0) is 14.8. The Bertz CT molecular complexity index is 674. The molecule has 7 heteroatoms. The molecule has 2 aromatic heterocycles. The van der Waals surface area contributed by atoms with Gasteiger partial charge in [-0.3, -0.25) is 4.79 Å². The van der Waals surface area contributed by atoms with Gasteiger partial charge in [0.05, 0.1) is 4.88 Å². The molecule has 3 rings (SSSR count). The van der Waals surface area contributed by atoms with Crippen LogP contribution in [0.25, 0.3) is 10.8 Å². The van der Waals surface area contributed by atoms with E-state index in [4.69, 9.17) is 4.42 Å². The van der Waals surface area contributed by atoms with Crippen molar-refractivity contribution in [2.45, 2.75) is 38.8 Å². The van der Waals surface area contributed by atoms with Crippen LogP contribution in [-0.2, 0) is 11.3 Å². The van der Waals surface area contributed by atoms with Gasteiger partial charge in [0.15, 0.2) is 0 Å². The SMILES string of the molecule is C[C@@H]1CCCCN1C(=O)Cn1nc(-c2cccs2)oc1=O. The summed E-state index contributed by atoms with van der Waals surface area (Å²) in [6.07, 6.45) is 3.18. The van der Waals surface area contributed by atoms with Crippen molar-refractivity contribution in [2.24, 2.45) is 0 Å². The molecule has 1 atom stereocenters. The first kappa shape index (κ1) is 14.1. The van der Waals surface area contributed by atoms with Gasteiger partial charge >= 0.3 is 5.76 Å². The molecule has 1 fully saturated rings. The molecule has 0 saturated carbocycles. The standard InChI is InChI=1S/C14H17N3O3S/c1-10-5-2-3-7-16(10)12(18)9-17-14(19)20-13(15-17)11-6-4-8-21-11/h4,6,8,10H,2-3,5,7,9H2,1H3/t10-/m1/s1. The normalized spacial score (nSPS) is 18.9. The lowest BCUT2D eigenvalue weighted by Crippen LogP contribution is -2.44. The Hall–Kier alpha value is -1.89. The van der Waals surface area contributed by atoms with Crippen LogP contribution in [0.15, 0.2) is 26.7 Å². The smallest absolute Gasteiger partial charge is 0.387 e. The van der Waals surface area contributed by atoms with Crippen LogP contribution in [0.3, 0.4) is 0 Å². The van der Waals surface area contributed by atoms with Gasteiger partial charge in [-0.25, -0.2) is 4.79 Å². The van der Waals surface area contributed by atoms with Crippen LogP contribution in [0.4, 0.5) is 0 Å². The maximum Gasteiger partial charge on any atom is 0.437 e. The molecule has 3 heterocycles. The number of piperidine rings is 1. The molecule has 0 bridgehead atoms. The number of hydrogen-bond acceptors (Lipinski definition) is 5. The Morgan fingerprint density at radius 2 is 2.38 bits per heavy atom. The van der Waals surface area contributed by atoms with E-state index in [1.807, 2.05) is 29.3 Å². The van der Waals surface area contributed by atoms with E-state index in [0.29, 0.717) is 0 Å². The molecule has 1 aliphatic heterocycles. The Kier molecular flexibility index (Phi) is 3.92. The Morgan fingerprint density at radius 3 is 3.10 bits per heavy atom. The summed E-state index contributed by atoms with van der Waals surface area (Å²) in [7, 11) is 0. The highest BCUT2D eigenvalue weighted by atomic mass is 32.1. The van der Waals surface area contributed by atoms with Crippen LogP contribution >= 0.6 is 11.3 Å². The lowest BCUT2D eigenvalue weighted by molar-refractivity contribution is -0.135. The van der Waals surface area contributed by atoms with Crippen molar-refractivity contribution in [3.63, 3.8) is 0 Å². The Balaban J connectivity index is 1.76. The zero-order valence-corrected chi connectivity index (χ0v) is 12.6. The third kappa shape index (κ3) is 2.92. The van der Waals surface area contributed by atoms with Crippen LogP contribution in [0, 0.1) is 0 Å². The average molecular weight is 307 g/mol. The number of carbonyl (C=O) groups is 1. The van der Waals surface area contributed by atoms with Crippen LogP contribution in [0.5, 0.6) is 0 Å². The van der Waals surface area contributed by atoms with Crippen molar-refractivity contribution in [2.75, 3.05) is 6.54 Å². The summed E-state index contributed by atoms with van der Waals surface area (Å²) < 4.78 is 6.22. The monoisotopic (exact) mass is 307 g/mol. The second kappa shape index (κ2) is 5.85. The van der Waals surface area contributed by atoms with Gasteiger partial charge in [-0.1, -0.05) is 6.07 Å². The molecule has 1 aliphatic rings. The third-order valence-corrected chi connectivity index (χ3v) is 4.60. The average Bonchev–Trinajstić information content (AvgIpc) is 3.10. The molecule has 0 spiro atoms. The van der Waals surface area contributed by atoms with E-state index in [9.17, 15) is 9.59 Å². The van der Waals surface area contributed by atoms with Gasteiger partial charge in [0.25, 0.3) is 5.89 Å². The summed E-state index contributed by atoms with van der Waals surface area (Å²) >= 11 is 1.44.